The fraction of sp³-hybridized carbons (Fsp3) is 0.930. The minimum Gasteiger partial charge on any atom is -0.477 e. The number of carbonyl (C=O) groups excluding carboxylic acids is 2. The molecule has 2 amide bonds. The predicted octanol–water partition coefficient (Wildman–Crippen LogP) is -13.6. The molecule has 6 aliphatic rings. The highest BCUT2D eigenvalue weighted by molar-refractivity contribution is 5.76. The Kier molecular flexibility index (Phi) is 22.4. The fourth-order valence-corrected chi connectivity index (χ4v) is 9.83. The number of aliphatic hydroxyl groups excluding tert-OH is 18. The van der Waals surface area contributed by atoms with Gasteiger partial charge in [-0.15, -0.1) is 0 Å². The third kappa shape index (κ3) is 13.7. The van der Waals surface area contributed by atoms with Gasteiger partial charge in [-0.25, -0.2) is 4.79 Å². The molecule has 6 saturated heterocycles. The van der Waals surface area contributed by atoms with E-state index in [1.54, 1.807) is 0 Å². The first kappa shape index (κ1) is 64.4. The van der Waals surface area contributed by atoms with Gasteiger partial charge >= 0.3 is 5.97 Å². The van der Waals surface area contributed by atoms with Crippen molar-refractivity contribution >= 4 is 17.8 Å². The average Bonchev–Trinajstić information content (AvgIpc) is 3.47. The van der Waals surface area contributed by atoms with Crippen molar-refractivity contribution < 1.29 is 164 Å². The second-order valence-corrected chi connectivity index (χ2v) is 19.7. The Hall–Kier alpha value is -2.75. The molecule has 0 aromatic rings. The molecule has 452 valence electrons. The van der Waals surface area contributed by atoms with E-state index in [0.29, 0.717) is 0 Å². The van der Waals surface area contributed by atoms with Crippen LogP contribution in [0.3, 0.4) is 0 Å². The molecule has 6 fully saturated rings. The summed E-state index contributed by atoms with van der Waals surface area (Å²) in [4.78, 5) is 38.1. The Labute approximate surface area is 441 Å². The number of rotatable bonds is 20. The van der Waals surface area contributed by atoms with Gasteiger partial charge in [0, 0.05) is 20.3 Å². The minimum absolute atomic E-state index is 0.825. The number of ether oxygens (including phenoxy) is 11. The number of carboxylic acids is 1. The van der Waals surface area contributed by atoms with Crippen LogP contribution >= 0.6 is 0 Å². The largest absolute Gasteiger partial charge is 0.477 e. The lowest BCUT2D eigenvalue weighted by Gasteiger charge is -2.51. The maximum Gasteiger partial charge on any atom is 0.364 e. The molecule has 1 unspecified atom stereocenters. The Morgan fingerprint density at radius 1 is 0.538 bits per heavy atom. The molecule has 0 spiro atoms. The van der Waals surface area contributed by atoms with E-state index in [-0.39, 0.29) is 0 Å². The molecule has 0 radical (unpaired) electrons. The van der Waals surface area contributed by atoms with Crippen LogP contribution < -0.4 is 10.6 Å². The van der Waals surface area contributed by atoms with E-state index in [2.05, 4.69) is 10.6 Å². The molecule has 6 aliphatic heterocycles. The predicted molar refractivity (Wildman–Crippen MR) is 238 cm³/mol. The van der Waals surface area contributed by atoms with Gasteiger partial charge in [0.2, 0.25) is 11.8 Å². The van der Waals surface area contributed by atoms with Crippen LogP contribution in [0.5, 0.6) is 0 Å². The summed E-state index contributed by atoms with van der Waals surface area (Å²) in [5, 5.41) is 209. The van der Waals surface area contributed by atoms with Crippen LogP contribution in [0, 0.1) is 0 Å². The molecular weight excluding hydrogens is 1070 g/mol. The zero-order chi connectivity index (χ0) is 58.0. The second-order valence-electron chi connectivity index (χ2n) is 19.7. The van der Waals surface area contributed by atoms with Crippen LogP contribution in [0.25, 0.3) is 0 Å². The third-order valence-electron chi connectivity index (χ3n) is 14.2. The number of aliphatic carboxylic acids is 1. The highest BCUT2D eigenvalue weighted by atomic mass is 16.8. The van der Waals surface area contributed by atoms with E-state index in [4.69, 9.17) is 52.1 Å². The van der Waals surface area contributed by atoms with Crippen LogP contribution in [0.15, 0.2) is 0 Å². The summed E-state index contributed by atoms with van der Waals surface area (Å²) in [5.41, 5.74) is 0. The first-order chi connectivity index (χ1) is 36.6. The van der Waals surface area contributed by atoms with Gasteiger partial charge in [0.25, 0.3) is 5.79 Å². The van der Waals surface area contributed by atoms with Gasteiger partial charge in [0.05, 0.1) is 51.3 Å². The lowest BCUT2D eigenvalue weighted by molar-refractivity contribution is -0.392. The van der Waals surface area contributed by atoms with Crippen LogP contribution in [0.2, 0.25) is 0 Å². The first-order valence-electron chi connectivity index (χ1n) is 24.6. The zero-order valence-electron chi connectivity index (χ0n) is 41.8. The monoisotopic (exact) mass is 1140 g/mol. The van der Waals surface area contributed by atoms with E-state index in [1.165, 1.54) is 6.92 Å². The molecule has 0 aliphatic carbocycles. The van der Waals surface area contributed by atoms with Crippen LogP contribution in [-0.2, 0) is 66.5 Å². The topological polar surface area (TPSA) is 561 Å². The normalized spacial score (nSPS) is 48.1. The maximum atomic E-state index is 13.1. The number of amides is 2. The van der Waals surface area contributed by atoms with Crippen LogP contribution in [-0.4, -0.2) is 338 Å². The van der Waals surface area contributed by atoms with Crippen molar-refractivity contribution in [2.75, 3.05) is 33.0 Å². The first-order valence-corrected chi connectivity index (χ1v) is 24.6. The number of carboxylic acid groups (broad SMARTS) is 1. The smallest absolute Gasteiger partial charge is 0.364 e. The van der Waals surface area contributed by atoms with Gasteiger partial charge in [-0.1, -0.05) is 0 Å². The number of hydrogen-bond donors (Lipinski definition) is 21. The summed E-state index contributed by atoms with van der Waals surface area (Å²) in [7, 11) is 0. The van der Waals surface area contributed by atoms with Crippen LogP contribution in [0.4, 0.5) is 0 Å². The molecule has 78 heavy (non-hydrogen) atoms. The highest BCUT2D eigenvalue weighted by Gasteiger charge is 2.60. The molecule has 35 nitrogen and oxygen atoms in total. The van der Waals surface area contributed by atoms with Gasteiger partial charge in [-0.3, -0.25) is 9.59 Å². The fourth-order valence-electron chi connectivity index (χ4n) is 9.83. The molecule has 0 bridgehead atoms. The molecule has 35 heteroatoms. The van der Waals surface area contributed by atoms with Crippen molar-refractivity contribution in [2.24, 2.45) is 0 Å². The highest BCUT2D eigenvalue weighted by Crippen LogP contribution is 2.39. The van der Waals surface area contributed by atoms with E-state index in [0.717, 1.165) is 13.8 Å². The summed E-state index contributed by atoms with van der Waals surface area (Å²) in [6.07, 6.45) is -57.6. The van der Waals surface area contributed by atoms with E-state index < -0.39 is 247 Å². The molecular formula is C43H72N2O33. The Morgan fingerprint density at radius 3 is 1.64 bits per heavy atom. The summed E-state index contributed by atoms with van der Waals surface area (Å²) in [6, 6.07) is -3.59. The molecule has 0 saturated carbocycles. The van der Waals surface area contributed by atoms with Crippen molar-refractivity contribution in [1.29, 1.82) is 0 Å². The average molecular weight is 1150 g/mol. The summed E-state index contributed by atoms with van der Waals surface area (Å²) in [5.74, 6) is -6.91. The van der Waals surface area contributed by atoms with Crippen molar-refractivity contribution in [1.82, 2.24) is 10.6 Å². The zero-order valence-corrected chi connectivity index (χ0v) is 41.8. The SMILES string of the molecule is CC(=O)N[C@H]1[C@H](O[C@H]2[C@@H](O)[C@@H](CO[C@]3(C(=O)O)C[C@H](O)[C@@H](NC(C)=O)[C@H]([C@H](O)[C@H](O)CO)O3)O[C@@H](O[C@H]3[C@H](O)[C@@H](O)C(O)O[C@@H]3CO)[C@@H]2O)O[C@H](CO)[C@@H](O)[C@@H]1O[C@@H]1O[C@H](CO)[C@H](O)[C@H](O)[C@H]1O[C@@H]1O[C@@H](C)[C@@H](O)[C@@H](O)[C@@H]1O. The lowest BCUT2D eigenvalue weighted by Crippen LogP contribution is -2.71. The minimum atomic E-state index is -3.10. The van der Waals surface area contributed by atoms with Gasteiger partial charge in [0.1, 0.15) is 134 Å². The van der Waals surface area contributed by atoms with E-state index >= 15 is 0 Å². The summed E-state index contributed by atoms with van der Waals surface area (Å²) in [6.45, 7) is -2.31. The van der Waals surface area contributed by atoms with Gasteiger partial charge < -0.3 is 160 Å². The third-order valence-corrected chi connectivity index (χ3v) is 14.2. The molecule has 6 rings (SSSR count). The number of carbonyl (C=O) groups is 3. The quantitative estimate of drug-likeness (QED) is 0.0538. The molecule has 21 N–H and O–H groups in total. The Balaban J connectivity index is 1.36. The second kappa shape index (κ2) is 27.1. The molecule has 31 atom stereocenters. The number of hydrogen-bond acceptors (Lipinski definition) is 32. The number of aliphatic hydroxyl groups is 18. The summed E-state index contributed by atoms with van der Waals surface area (Å²) < 4.78 is 63.2. The van der Waals surface area contributed by atoms with Crippen molar-refractivity contribution in [3.8, 4) is 0 Å². The van der Waals surface area contributed by atoms with E-state index in [9.17, 15) is 111 Å². The van der Waals surface area contributed by atoms with Crippen molar-refractivity contribution in [2.45, 2.75) is 217 Å². The van der Waals surface area contributed by atoms with Crippen molar-refractivity contribution in [3.05, 3.63) is 0 Å². The van der Waals surface area contributed by atoms with E-state index in [1.807, 2.05) is 0 Å². The van der Waals surface area contributed by atoms with Crippen molar-refractivity contribution in [3.63, 3.8) is 0 Å². The lowest BCUT2D eigenvalue weighted by atomic mass is 9.88. The Morgan fingerprint density at radius 2 is 1.05 bits per heavy atom. The maximum absolute atomic E-state index is 13.1. The molecule has 0 aromatic carbocycles. The number of nitrogens with one attached hydrogen (secondary N) is 2. The van der Waals surface area contributed by atoms with Gasteiger partial charge in [0.15, 0.2) is 31.5 Å². The molecule has 0 aromatic heterocycles. The van der Waals surface area contributed by atoms with Gasteiger partial charge in [-0.05, 0) is 6.92 Å². The molecule has 6 heterocycles. The van der Waals surface area contributed by atoms with Gasteiger partial charge in [-0.2, -0.15) is 0 Å². The summed E-state index contributed by atoms with van der Waals surface area (Å²) >= 11 is 0. The Bertz CT molecular complexity index is 1950. The van der Waals surface area contributed by atoms with Crippen LogP contribution in [0.1, 0.15) is 27.2 Å². The standard InChI is InChI=1S/C43H72N2O33/c1-10-21(54)26(59)30(63)39(69-10)77-36-27(60)23(56)15(6-47)72-41(36)75-33-20(45-12(3)51)38(71-16(7-48)24(33)57)76-35-25(58)18(73-40(31(35)64)74-32-17(8-49)70-37(65)29(62)28(32)61)9-68-43(42(66)67)4-13(52)19(44-11(2)50)34(78-43)22(55)14(53)5-46/h10,13-41,46-49,52-65H,4-9H2,1-3H3,(H,44,50)(H,45,51)(H,66,67)/t10-,13-,14+,15+,16+,17+,18+,19+,20+,21+,22+,23-,24+,25-,26+,27-,28+,29+,30-,31+,32+,33+,34+,35-,36+,37?,38-,39-,40-,41-,43+/m0/s1.